The molecule has 0 amide bonds. The number of imidazole rings is 1. The van der Waals surface area contributed by atoms with Crippen molar-refractivity contribution < 1.29 is 55.0 Å². The normalized spacial score (nSPS) is 15.2. The number of hydrogen-bond donors (Lipinski definition) is 0. The molecule has 0 saturated heterocycles. The quantitative estimate of drug-likeness (QED) is 0.107. The van der Waals surface area contributed by atoms with Crippen molar-refractivity contribution in [2.75, 3.05) is 0 Å². The molecule has 0 aliphatic heterocycles. The third-order valence-corrected chi connectivity index (χ3v) is 12.2. The summed E-state index contributed by atoms with van der Waals surface area (Å²) in [6, 6.07) is 26.9. The molecule has 4 aromatic heterocycles. The maximum Gasteiger partial charge on any atom is 0.268 e. The van der Waals surface area contributed by atoms with Gasteiger partial charge in [0.25, 0.3) is 6.33 Å². The Balaban J connectivity index is 0.00000754. The molecule has 13 aromatic rings. The van der Waals surface area contributed by atoms with Crippen LogP contribution in [0.5, 0.6) is 11.5 Å². The first kappa shape index (κ1) is 27.6. The van der Waals surface area contributed by atoms with Crippen molar-refractivity contribution in [2.24, 2.45) is 0 Å². The Morgan fingerprint density at radius 2 is 1.21 bits per heavy atom. The van der Waals surface area contributed by atoms with E-state index in [1.54, 1.807) is 88.1 Å². The molecule has 0 spiro atoms. The fourth-order valence-electron chi connectivity index (χ4n) is 9.05. The summed E-state index contributed by atoms with van der Waals surface area (Å²) in [6.45, 7) is 4.13. The standard InChI is InChI=1S/C63H43N5O.Pt/c1-42(2)45-35-36-64-62(37-45)68-58-34-31-47(67-56-27-11-9-23-52(56)53-24-10-12-28-57(53)67)39-55(58)54-33-32-49(40-61(54)68)69-48-22-15-21-46(38-48)65-41-66(60-30-14-13-29-59(60)65)63-50(43-17-5-3-6-18-43)25-16-26-51(63)44-19-7-4-8-20-44;/h3-37,39,42H,1-2H3;/q-2;/i3D,4D,5D,6D,7D,8D,9D,10D,11D,12D,17D,18D,19D,20D,23D,24D,27D,28D;. The van der Waals surface area contributed by atoms with Crippen LogP contribution >= 0.6 is 0 Å². The van der Waals surface area contributed by atoms with E-state index in [-0.39, 0.29) is 88.2 Å². The minimum Gasteiger partial charge on any atom is -0.510 e. The molecule has 6 nitrogen and oxygen atoms in total. The molecule has 0 atom stereocenters. The molecule has 0 bridgehead atoms. The molecule has 4 heterocycles. The van der Waals surface area contributed by atoms with Crippen LogP contribution in [0.3, 0.4) is 0 Å². The molecule has 0 N–H and O–H groups in total. The van der Waals surface area contributed by atoms with Crippen LogP contribution in [-0.2, 0) is 21.1 Å². The first-order valence-corrected chi connectivity index (χ1v) is 21.9. The summed E-state index contributed by atoms with van der Waals surface area (Å²) in [6.07, 6.45) is 5.09. The third kappa shape index (κ3) is 7.22. The molecule has 0 radical (unpaired) electrons. The predicted octanol–water partition coefficient (Wildman–Crippen LogP) is 15.1. The van der Waals surface area contributed by atoms with Gasteiger partial charge in [0.1, 0.15) is 5.82 Å². The fourth-order valence-corrected chi connectivity index (χ4v) is 9.05. The molecule has 0 aliphatic rings. The zero-order chi connectivity index (χ0) is 61.7. The van der Waals surface area contributed by atoms with E-state index in [1.807, 2.05) is 28.8 Å². The Hall–Kier alpha value is -8.31. The summed E-state index contributed by atoms with van der Waals surface area (Å²) >= 11 is 0. The fraction of sp³-hybridized carbons (Fsp3) is 0.0476. The minimum atomic E-state index is -0.613. The van der Waals surface area contributed by atoms with Gasteiger partial charge in [-0.1, -0.05) is 159 Å². The van der Waals surface area contributed by atoms with Gasteiger partial charge < -0.3 is 18.4 Å². The van der Waals surface area contributed by atoms with Crippen molar-refractivity contribution in [1.29, 1.82) is 0 Å². The van der Waals surface area contributed by atoms with Crippen molar-refractivity contribution >= 4 is 54.6 Å². The van der Waals surface area contributed by atoms with E-state index < -0.39 is 109 Å². The van der Waals surface area contributed by atoms with Crippen LogP contribution in [0.2, 0.25) is 0 Å². The van der Waals surface area contributed by atoms with Crippen molar-refractivity contribution in [3.05, 3.63) is 242 Å². The number of para-hydroxylation sites is 5. The number of hydrogen-bond acceptors (Lipinski definition) is 2. The van der Waals surface area contributed by atoms with E-state index in [0.717, 1.165) is 5.56 Å². The largest absolute Gasteiger partial charge is 0.510 e. The Bertz CT molecular complexity index is 4970. The summed E-state index contributed by atoms with van der Waals surface area (Å²) in [4.78, 5) is 4.82. The van der Waals surface area contributed by atoms with Gasteiger partial charge in [-0.3, -0.25) is 4.57 Å². The van der Waals surface area contributed by atoms with Crippen molar-refractivity contribution in [1.82, 2.24) is 18.7 Å². The average molecular weight is 1100 g/mol. The third-order valence-electron chi connectivity index (χ3n) is 12.2. The molecule has 13 rings (SSSR count). The summed E-state index contributed by atoms with van der Waals surface area (Å²) in [5.74, 6) is 1.15. The number of benzene rings is 9. The number of aromatic nitrogens is 5. The molecule has 0 unspecified atom stereocenters. The van der Waals surface area contributed by atoms with Crippen LogP contribution in [0.15, 0.2) is 218 Å². The van der Waals surface area contributed by atoms with E-state index in [4.69, 9.17) is 34.4 Å². The van der Waals surface area contributed by atoms with E-state index in [1.165, 1.54) is 10.6 Å². The minimum absolute atomic E-state index is 0. The van der Waals surface area contributed by atoms with Gasteiger partial charge in [-0.15, -0.1) is 29.7 Å². The number of ether oxygens (including phenoxy) is 1. The molecule has 9 aromatic carbocycles. The van der Waals surface area contributed by atoms with Gasteiger partial charge >= 0.3 is 0 Å². The number of fused-ring (bicyclic) bond motifs is 7. The monoisotopic (exact) mass is 1100 g/mol. The second-order valence-electron chi connectivity index (χ2n) is 16.5. The Morgan fingerprint density at radius 3 is 1.93 bits per heavy atom. The maximum atomic E-state index is 9.13. The first-order valence-electron chi connectivity index (χ1n) is 30.9. The SMILES string of the molecule is [2H]c1c([2H])c([2H])c(-c2cccc(-c3c([2H])c([2H])c([2H])c([2H])c3[2H])c2-[n+]2[c-]n(-c3[c-]c(Oc4[c-]c5c(cc4)c4cc(-n6c7c([2H])c([2H])c([2H])c([2H])c7c7c([2H])c([2H])c([2H])c([2H])c76)ccc4n5-c4cc(C(C)C)ccn4)ccc3)c3ccccc32)c([2H])c1[2H].[Pt]. The molecule has 338 valence electrons. The Labute approximate surface area is 445 Å². The van der Waals surface area contributed by atoms with Crippen LogP contribution in [0.1, 0.15) is 50.0 Å². The van der Waals surface area contributed by atoms with Crippen LogP contribution in [0.25, 0.3) is 99.8 Å². The molecule has 0 aliphatic carbocycles. The van der Waals surface area contributed by atoms with E-state index in [0.29, 0.717) is 50.0 Å². The number of pyridine rings is 1. The van der Waals surface area contributed by atoms with Crippen molar-refractivity contribution in [3.8, 4) is 56.6 Å². The summed E-state index contributed by atoms with van der Waals surface area (Å²) in [5.41, 5.74) is 3.77. The van der Waals surface area contributed by atoms with Crippen molar-refractivity contribution in [2.45, 2.75) is 19.8 Å². The molecule has 0 saturated carbocycles. The smallest absolute Gasteiger partial charge is 0.268 e. The molecular formula is C63H43N5OPt-2. The van der Waals surface area contributed by atoms with Gasteiger partial charge in [-0.2, -0.15) is 18.2 Å². The summed E-state index contributed by atoms with van der Waals surface area (Å²) in [5, 5.41) is 1.20. The zero-order valence-corrected chi connectivity index (χ0v) is 39.2. The van der Waals surface area contributed by atoms with Crippen LogP contribution in [-0.4, -0.2) is 18.7 Å². The van der Waals surface area contributed by atoms with Gasteiger partial charge in [0, 0.05) is 60.7 Å². The average Bonchev–Trinajstić information content (AvgIpc) is 1.56. The molecule has 7 heteroatoms. The van der Waals surface area contributed by atoms with Gasteiger partial charge in [0.2, 0.25) is 0 Å². The van der Waals surface area contributed by atoms with Crippen LogP contribution in [0.4, 0.5) is 0 Å². The van der Waals surface area contributed by atoms with E-state index >= 15 is 0 Å². The maximum absolute atomic E-state index is 9.13. The predicted molar refractivity (Wildman–Crippen MR) is 279 cm³/mol. The summed E-state index contributed by atoms with van der Waals surface area (Å²) < 4.78 is 171. The summed E-state index contributed by atoms with van der Waals surface area (Å²) in [7, 11) is 0. The van der Waals surface area contributed by atoms with Gasteiger partial charge in [-0.25, -0.2) is 4.98 Å². The molecule has 70 heavy (non-hydrogen) atoms. The second-order valence-corrected chi connectivity index (χ2v) is 16.5. The van der Waals surface area contributed by atoms with Crippen LogP contribution in [0, 0.1) is 18.5 Å². The topological polar surface area (TPSA) is 40.8 Å². The zero-order valence-electron chi connectivity index (χ0n) is 54.9. The van der Waals surface area contributed by atoms with E-state index in [2.05, 4.69) is 32.3 Å². The van der Waals surface area contributed by atoms with Gasteiger partial charge in [0.05, 0.1) is 52.4 Å². The second kappa shape index (κ2) is 17.6. The number of nitrogens with zero attached hydrogens (tertiary/aromatic N) is 5. The van der Waals surface area contributed by atoms with E-state index in [9.17, 15) is 0 Å². The first-order chi connectivity index (χ1) is 41.5. The van der Waals surface area contributed by atoms with Crippen molar-refractivity contribution in [3.63, 3.8) is 0 Å². The molecule has 0 fully saturated rings. The molecular weight excluding hydrogens is 1040 g/mol. The van der Waals surface area contributed by atoms with Gasteiger partial charge in [0.15, 0.2) is 0 Å². The number of rotatable bonds is 9. The van der Waals surface area contributed by atoms with Crippen LogP contribution < -0.4 is 9.30 Å². The van der Waals surface area contributed by atoms with Gasteiger partial charge in [-0.05, 0) is 87.2 Å². The Morgan fingerprint density at radius 1 is 0.557 bits per heavy atom. The Kier molecular flexibility index (Phi) is 6.96.